The van der Waals surface area contributed by atoms with Gasteiger partial charge in [-0.15, -0.1) is 0 Å². The molecule has 0 aromatic heterocycles. The van der Waals surface area contributed by atoms with E-state index in [4.69, 9.17) is 0 Å². The fraction of sp³-hybridized carbons (Fsp3) is 0.739. The molecular weight excluding hydrogens is 314 g/mol. The molecule has 6 atom stereocenters. The first-order valence-corrected chi connectivity index (χ1v) is 10.6. The van der Waals surface area contributed by atoms with Gasteiger partial charge in [0.15, 0.2) is 11.6 Å². The Bertz CT molecular complexity index is 596. The zero-order valence-corrected chi connectivity index (χ0v) is 15.5. The third kappa shape index (κ3) is 3.51. The molecule has 1 aromatic carbocycles. The molecule has 138 valence electrons. The van der Waals surface area contributed by atoms with Gasteiger partial charge in [0, 0.05) is 0 Å². The fourth-order valence-corrected chi connectivity index (χ4v) is 6.63. The molecule has 0 spiro atoms. The molecule has 0 amide bonds. The number of halogens is 2. The van der Waals surface area contributed by atoms with Crippen LogP contribution < -0.4 is 0 Å². The van der Waals surface area contributed by atoms with E-state index in [2.05, 4.69) is 6.92 Å². The van der Waals surface area contributed by atoms with E-state index < -0.39 is 11.6 Å². The predicted molar refractivity (Wildman–Crippen MR) is 98.4 cm³/mol. The first-order chi connectivity index (χ1) is 12.2. The molecular formula is C23H32F2. The normalized spacial score (nSPS) is 38.0. The van der Waals surface area contributed by atoms with Gasteiger partial charge in [-0.3, -0.25) is 0 Å². The Labute approximate surface area is 151 Å². The average Bonchev–Trinajstić information content (AvgIpc) is 2.63. The van der Waals surface area contributed by atoms with Gasteiger partial charge < -0.3 is 0 Å². The van der Waals surface area contributed by atoms with Crippen molar-refractivity contribution in [3.63, 3.8) is 0 Å². The highest BCUT2D eigenvalue weighted by Crippen LogP contribution is 2.55. The zero-order valence-electron chi connectivity index (χ0n) is 15.5. The smallest absolute Gasteiger partial charge is 0.159 e. The second-order valence-electron chi connectivity index (χ2n) is 9.08. The third-order valence-electron chi connectivity index (χ3n) is 7.76. The molecule has 25 heavy (non-hydrogen) atoms. The molecule has 0 radical (unpaired) electrons. The molecule has 0 heterocycles. The number of benzene rings is 1. The number of hydrogen-bond donors (Lipinski definition) is 0. The van der Waals surface area contributed by atoms with Crippen molar-refractivity contribution in [3.8, 4) is 0 Å². The molecule has 3 saturated carbocycles. The lowest BCUT2D eigenvalue weighted by atomic mass is 9.55. The van der Waals surface area contributed by atoms with Gasteiger partial charge in [0.25, 0.3) is 0 Å². The maximum Gasteiger partial charge on any atom is 0.159 e. The first kappa shape index (κ1) is 17.5. The second-order valence-corrected chi connectivity index (χ2v) is 9.08. The van der Waals surface area contributed by atoms with Crippen LogP contribution in [-0.2, 0) is 0 Å². The summed E-state index contributed by atoms with van der Waals surface area (Å²) >= 11 is 0. The maximum absolute atomic E-state index is 13.6. The van der Waals surface area contributed by atoms with Crippen LogP contribution in [0, 0.1) is 41.2 Å². The van der Waals surface area contributed by atoms with Crippen molar-refractivity contribution in [2.45, 2.75) is 77.0 Å². The largest absolute Gasteiger partial charge is 0.204 e. The highest BCUT2D eigenvalue weighted by Gasteiger charge is 2.44. The number of rotatable bonds is 3. The predicted octanol–water partition coefficient (Wildman–Crippen LogP) is 7.09. The van der Waals surface area contributed by atoms with Gasteiger partial charge in [-0.1, -0.05) is 32.3 Å². The third-order valence-corrected chi connectivity index (χ3v) is 7.76. The minimum absolute atomic E-state index is 0.435. The number of hydrogen-bond acceptors (Lipinski definition) is 0. The maximum atomic E-state index is 13.6. The summed E-state index contributed by atoms with van der Waals surface area (Å²) in [5.41, 5.74) is 1.02. The summed E-state index contributed by atoms with van der Waals surface area (Å²) in [5.74, 6) is 3.67. The highest BCUT2D eigenvalue weighted by atomic mass is 19.2. The first-order valence-electron chi connectivity index (χ1n) is 10.6. The van der Waals surface area contributed by atoms with Gasteiger partial charge >= 0.3 is 0 Å². The van der Waals surface area contributed by atoms with Crippen molar-refractivity contribution in [1.29, 1.82) is 0 Å². The van der Waals surface area contributed by atoms with Crippen molar-refractivity contribution in [1.82, 2.24) is 0 Å². The minimum atomic E-state index is -0.721. The van der Waals surface area contributed by atoms with Crippen molar-refractivity contribution in [2.24, 2.45) is 29.6 Å². The van der Waals surface area contributed by atoms with Crippen molar-refractivity contribution in [3.05, 3.63) is 35.4 Å². The standard InChI is InChI=1S/C23H32F2/c1-2-3-15-4-9-20-18(12-15)5-6-19-13-16(7-10-21(19)20)17-8-11-22(24)23(25)14-17/h8,11,14-16,18-21H,2-7,9-10,12-13H2,1H3. The van der Waals surface area contributed by atoms with E-state index in [9.17, 15) is 8.78 Å². The van der Waals surface area contributed by atoms with Crippen molar-refractivity contribution < 1.29 is 8.78 Å². The quantitative estimate of drug-likeness (QED) is 0.548. The minimum Gasteiger partial charge on any atom is -0.204 e. The lowest BCUT2D eigenvalue weighted by Gasteiger charge is -2.51. The van der Waals surface area contributed by atoms with Gasteiger partial charge in [0.1, 0.15) is 0 Å². The van der Waals surface area contributed by atoms with Gasteiger partial charge in [0.05, 0.1) is 0 Å². The monoisotopic (exact) mass is 346 g/mol. The van der Waals surface area contributed by atoms with Crippen LogP contribution in [0.25, 0.3) is 0 Å². The summed E-state index contributed by atoms with van der Waals surface area (Å²) in [4.78, 5) is 0. The Balaban J connectivity index is 1.42. The Morgan fingerprint density at radius 1 is 0.840 bits per heavy atom. The molecule has 6 unspecified atom stereocenters. The van der Waals surface area contributed by atoms with Gasteiger partial charge in [-0.05, 0) is 98.1 Å². The van der Waals surface area contributed by atoms with E-state index in [1.165, 1.54) is 69.9 Å². The van der Waals surface area contributed by atoms with Gasteiger partial charge in [0.2, 0.25) is 0 Å². The SMILES string of the molecule is CCCC1CCC2C(CCC3CC(c4ccc(F)c(F)c4)CCC32)C1. The molecule has 3 fully saturated rings. The molecule has 1 aromatic rings. The Kier molecular flexibility index (Phi) is 5.15. The molecule has 0 saturated heterocycles. The van der Waals surface area contributed by atoms with Crippen molar-refractivity contribution >= 4 is 0 Å². The van der Waals surface area contributed by atoms with Crippen LogP contribution in [-0.4, -0.2) is 0 Å². The second kappa shape index (κ2) is 7.37. The summed E-state index contributed by atoms with van der Waals surface area (Å²) < 4.78 is 26.8. The van der Waals surface area contributed by atoms with Crippen LogP contribution in [0.2, 0.25) is 0 Å². The number of fused-ring (bicyclic) bond motifs is 3. The highest BCUT2D eigenvalue weighted by molar-refractivity contribution is 5.22. The van der Waals surface area contributed by atoms with Crippen LogP contribution in [0.15, 0.2) is 18.2 Å². The molecule has 0 nitrogen and oxygen atoms in total. The lowest BCUT2D eigenvalue weighted by molar-refractivity contribution is 0.00540. The van der Waals surface area contributed by atoms with E-state index >= 15 is 0 Å². The average molecular weight is 347 g/mol. The molecule has 3 aliphatic rings. The van der Waals surface area contributed by atoms with E-state index in [0.29, 0.717) is 5.92 Å². The van der Waals surface area contributed by atoms with Crippen LogP contribution >= 0.6 is 0 Å². The van der Waals surface area contributed by atoms with Gasteiger partial charge in [-0.25, -0.2) is 8.78 Å². The summed E-state index contributed by atoms with van der Waals surface area (Å²) in [5, 5.41) is 0. The van der Waals surface area contributed by atoms with E-state index in [0.717, 1.165) is 41.6 Å². The molecule has 3 aliphatic carbocycles. The zero-order chi connectivity index (χ0) is 17.4. The van der Waals surface area contributed by atoms with Crippen LogP contribution in [0.5, 0.6) is 0 Å². The summed E-state index contributed by atoms with van der Waals surface area (Å²) in [6, 6.07) is 4.57. The van der Waals surface area contributed by atoms with E-state index in [1.54, 1.807) is 0 Å². The molecule has 4 rings (SSSR count). The molecule has 0 bridgehead atoms. The van der Waals surface area contributed by atoms with E-state index in [-0.39, 0.29) is 0 Å². The lowest BCUT2D eigenvalue weighted by Crippen LogP contribution is -2.41. The Morgan fingerprint density at radius 3 is 2.28 bits per heavy atom. The van der Waals surface area contributed by atoms with Crippen molar-refractivity contribution in [2.75, 3.05) is 0 Å². The summed E-state index contributed by atoms with van der Waals surface area (Å²) in [6.07, 6.45) is 13.6. The van der Waals surface area contributed by atoms with Gasteiger partial charge in [-0.2, -0.15) is 0 Å². The summed E-state index contributed by atoms with van der Waals surface area (Å²) in [7, 11) is 0. The Morgan fingerprint density at radius 2 is 1.56 bits per heavy atom. The topological polar surface area (TPSA) is 0 Å². The molecule has 2 heteroatoms. The van der Waals surface area contributed by atoms with Crippen LogP contribution in [0.3, 0.4) is 0 Å². The molecule has 0 N–H and O–H groups in total. The van der Waals surface area contributed by atoms with Crippen LogP contribution in [0.4, 0.5) is 8.78 Å². The van der Waals surface area contributed by atoms with Crippen LogP contribution in [0.1, 0.15) is 82.6 Å². The summed E-state index contributed by atoms with van der Waals surface area (Å²) in [6.45, 7) is 2.32. The van der Waals surface area contributed by atoms with E-state index in [1.807, 2.05) is 6.07 Å². The Hall–Kier alpha value is -0.920. The fourth-order valence-electron chi connectivity index (χ4n) is 6.63. The molecule has 0 aliphatic heterocycles.